The summed E-state index contributed by atoms with van der Waals surface area (Å²) in [4.78, 5) is 52.4. The third kappa shape index (κ3) is 5.68. The molecule has 4 N–H and O–H groups in total. The first kappa shape index (κ1) is 30.9. The lowest BCUT2D eigenvalue weighted by Gasteiger charge is -2.18. The van der Waals surface area contributed by atoms with Crippen molar-refractivity contribution in [2.45, 2.75) is 0 Å². The molecule has 0 spiro atoms. The summed E-state index contributed by atoms with van der Waals surface area (Å²) < 4.78 is 21.9. The van der Waals surface area contributed by atoms with Crippen LogP contribution >= 0.6 is 0 Å². The summed E-state index contributed by atoms with van der Waals surface area (Å²) in [5, 5.41) is 38.6. The highest BCUT2D eigenvalue weighted by Crippen LogP contribution is 2.44. The van der Waals surface area contributed by atoms with Gasteiger partial charge in [-0.3, -0.25) is 19.2 Å². The van der Waals surface area contributed by atoms with E-state index in [9.17, 15) is 39.6 Å². The third-order valence-electron chi connectivity index (χ3n) is 6.71. The topological polar surface area (TPSA) is 186 Å². The van der Waals surface area contributed by atoms with Gasteiger partial charge in [0.1, 0.15) is 23.0 Å². The Morgan fingerprint density at radius 3 is 1.07 bits per heavy atom. The molecule has 0 amide bonds. The Bertz CT molecular complexity index is 1690. The maximum absolute atomic E-state index is 13.2. The Kier molecular flexibility index (Phi) is 8.75. The van der Waals surface area contributed by atoms with Crippen LogP contribution in [-0.2, 0) is 0 Å². The Labute approximate surface area is 250 Å². The quantitative estimate of drug-likeness (QED) is 0.108. The summed E-state index contributed by atoms with van der Waals surface area (Å²) in [5.41, 5.74) is -0.0466. The molecule has 0 radical (unpaired) electrons. The lowest BCUT2D eigenvalue weighted by atomic mass is 9.93. The molecular formula is C32H26O12. The Morgan fingerprint density at radius 1 is 0.432 bits per heavy atom. The number of methoxy groups -OCH3 is 4. The minimum atomic E-state index is -0.985. The second-order valence-corrected chi connectivity index (χ2v) is 9.23. The van der Waals surface area contributed by atoms with Gasteiger partial charge in [-0.1, -0.05) is 0 Å². The molecule has 0 heterocycles. The van der Waals surface area contributed by atoms with Crippen LogP contribution in [0.2, 0.25) is 0 Å². The van der Waals surface area contributed by atoms with Gasteiger partial charge >= 0.3 is 0 Å². The zero-order chi connectivity index (χ0) is 32.3. The number of hydrogen-bond acceptors (Lipinski definition) is 12. The molecule has 0 aliphatic heterocycles. The summed E-state index contributed by atoms with van der Waals surface area (Å²) in [5.74, 6) is -5.85. The van der Waals surface area contributed by atoms with Crippen molar-refractivity contribution in [3.05, 3.63) is 82.9 Å². The standard InChI is InChI=1S/C32H26O12/c1-41-25-13-19(31(39)29(37)15-5-7-21(33)23(35)9-15)27(43-3)11-17(25)18-12-28(44-4)20(14-26(18)42-2)32(40)30(38)16-6-8-22(34)24(36)10-16/h5-14,33-36H,1-4H3. The molecule has 0 aromatic heterocycles. The molecule has 0 atom stereocenters. The van der Waals surface area contributed by atoms with Crippen LogP contribution in [0.5, 0.6) is 46.0 Å². The summed E-state index contributed by atoms with van der Waals surface area (Å²) in [6.45, 7) is 0. The summed E-state index contributed by atoms with van der Waals surface area (Å²) in [6, 6.07) is 11.8. The lowest BCUT2D eigenvalue weighted by molar-refractivity contribution is 0.0814. The van der Waals surface area contributed by atoms with E-state index in [4.69, 9.17) is 18.9 Å². The Morgan fingerprint density at radius 2 is 0.773 bits per heavy atom. The van der Waals surface area contributed by atoms with Crippen molar-refractivity contribution in [2.75, 3.05) is 28.4 Å². The molecule has 0 aliphatic carbocycles. The van der Waals surface area contributed by atoms with Gasteiger partial charge in [-0.25, -0.2) is 0 Å². The molecule has 12 heteroatoms. The molecule has 0 saturated carbocycles. The summed E-state index contributed by atoms with van der Waals surface area (Å²) in [7, 11) is 5.22. The highest BCUT2D eigenvalue weighted by Gasteiger charge is 2.29. The SMILES string of the molecule is COc1cc(-c2cc(OC)c(C(=O)C(=O)c3ccc(O)c(O)c3)cc2OC)c(OC)cc1C(=O)C(=O)c1ccc(O)c(O)c1. The van der Waals surface area contributed by atoms with Crippen molar-refractivity contribution < 1.29 is 58.6 Å². The third-order valence-corrected chi connectivity index (χ3v) is 6.71. The second kappa shape index (κ2) is 12.4. The largest absolute Gasteiger partial charge is 0.504 e. The van der Waals surface area contributed by atoms with E-state index in [2.05, 4.69) is 0 Å². The molecule has 4 aromatic rings. The van der Waals surface area contributed by atoms with Crippen LogP contribution in [-0.4, -0.2) is 72.0 Å². The minimum absolute atomic E-state index is 0.0226. The number of phenolic OH excluding ortho intramolecular Hbond substituents is 4. The van der Waals surface area contributed by atoms with Gasteiger partial charge in [0.2, 0.25) is 23.1 Å². The van der Waals surface area contributed by atoms with Gasteiger partial charge in [-0.05, 0) is 60.7 Å². The number of Topliss-reactive ketones (excluding diaryl/α,β-unsaturated/α-hetero) is 4. The van der Waals surface area contributed by atoms with Gasteiger partial charge in [0.25, 0.3) is 0 Å². The van der Waals surface area contributed by atoms with E-state index in [-0.39, 0.29) is 45.3 Å². The van der Waals surface area contributed by atoms with Crippen molar-refractivity contribution >= 4 is 23.1 Å². The van der Waals surface area contributed by atoms with E-state index >= 15 is 0 Å². The van der Waals surface area contributed by atoms with E-state index < -0.39 is 46.1 Å². The van der Waals surface area contributed by atoms with Gasteiger partial charge in [0.05, 0.1) is 39.6 Å². The van der Waals surface area contributed by atoms with Gasteiger partial charge in [0, 0.05) is 22.3 Å². The maximum atomic E-state index is 13.2. The first-order chi connectivity index (χ1) is 20.9. The summed E-state index contributed by atoms with van der Waals surface area (Å²) >= 11 is 0. The fourth-order valence-corrected chi connectivity index (χ4v) is 4.41. The maximum Gasteiger partial charge on any atom is 0.237 e. The number of hydrogen-bond donors (Lipinski definition) is 4. The molecule has 12 nitrogen and oxygen atoms in total. The number of benzene rings is 4. The van der Waals surface area contributed by atoms with Crippen molar-refractivity contribution in [1.29, 1.82) is 0 Å². The van der Waals surface area contributed by atoms with E-state index in [0.29, 0.717) is 11.1 Å². The number of ketones is 4. The van der Waals surface area contributed by atoms with Crippen LogP contribution in [0.1, 0.15) is 41.4 Å². The van der Waals surface area contributed by atoms with Crippen LogP contribution in [0.3, 0.4) is 0 Å². The minimum Gasteiger partial charge on any atom is -0.504 e. The molecule has 226 valence electrons. The molecule has 0 aliphatic rings. The average molecular weight is 603 g/mol. The van der Waals surface area contributed by atoms with Gasteiger partial charge in [-0.2, -0.15) is 0 Å². The molecule has 0 bridgehead atoms. The zero-order valence-electron chi connectivity index (χ0n) is 23.8. The Balaban J connectivity index is 1.80. The van der Waals surface area contributed by atoms with Crippen molar-refractivity contribution in [3.8, 4) is 57.1 Å². The van der Waals surface area contributed by atoms with Crippen molar-refractivity contribution in [1.82, 2.24) is 0 Å². The smallest absolute Gasteiger partial charge is 0.237 e. The lowest BCUT2D eigenvalue weighted by Crippen LogP contribution is -2.16. The predicted octanol–water partition coefficient (Wildman–Crippen LogP) is 4.34. The first-order valence-corrected chi connectivity index (χ1v) is 12.7. The highest BCUT2D eigenvalue weighted by atomic mass is 16.5. The van der Waals surface area contributed by atoms with Crippen LogP contribution in [0, 0.1) is 0 Å². The molecule has 44 heavy (non-hydrogen) atoms. The van der Waals surface area contributed by atoms with E-state index in [0.717, 1.165) is 24.3 Å². The number of ether oxygens (including phenoxy) is 4. The van der Waals surface area contributed by atoms with E-state index in [1.165, 1.54) is 64.8 Å². The number of carbonyl (C=O) groups excluding carboxylic acids is 4. The summed E-state index contributed by atoms with van der Waals surface area (Å²) in [6.07, 6.45) is 0. The number of phenols is 4. The van der Waals surface area contributed by atoms with Gasteiger partial charge in [-0.15, -0.1) is 0 Å². The molecule has 4 rings (SSSR count). The van der Waals surface area contributed by atoms with E-state index in [1.807, 2.05) is 0 Å². The molecular weight excluding hydrogens is 576 g/mol. The van der Waals surface area contributed by atoms with Crippen LogP contribution in [0.15, 0.2) is 60.7 Å². The van der Waals surface area contributed by atoms with Crippen LogP contribution < -0.4 is 18.9 Å². The van der Waals surface area contributed by atoms with Gasteiger partial charge < -0.3 is 39.4 Å². The second-order valence-electron chi connectivity index (χ2n) is 9.23. The fourth-order valence-electron chi connectivity index (χ4n) is 4.41. The normalized spacial score (nSPS) is 10.5. The molecule has 0 fully saturated rings. The van der Waals surface area contributed by atoms with Crippen LogP contribution in [0.4, 0.5) is 0 Å². The van der Waals surface area contributed by atoms with Crippen molar-refractivity contribution in [3.63, 3.8) is 0 Å². The Hall–Kier alpha value is -6.04. The number of rotatable bonds is 11. The number of carbonyl (C=O) groups is 4. The predicted molar refractivity (Wildman–Crippen MR) is 155 cm³/mol. The fraction of sp³-hybridized carbons (Fsp3) is 0.125. The molecule has 0 saturated heterocycles. The molecule has 4 aromatic carbocycles. The number of aromatic hydroxyl groups is 4. The van der Waals surface area contributed by atoms with E-state index in [1.54, 1.807) is 0 Å². The first-order valence-electron chi connectivity index (χ1n) is 12.7. The van der Waals surface area contributed by atoms with Gasteiger partial charge in [0.15, 0.2) is 23.0 Å². The zero-order valence-corrected chi connectivity index (χ0v) is 23.8. The molecule has 0 unspecified atom stereocenters. The van der Waals surface area contributed by atoms with Crippen molar-refractivity contribution in [2.24, 2.45) is 0 Å². The average Bonchev–Trinajstić information content (AvgIpc) is 3.04. The highest BCUT2D eigenvalue weighted by molar-refractivity contribution is 6.50. The monoisotopic (exact) mass is 602 g/mol. The van der Waals surface area contributed by atoms with Crippen LogP contribution in [0.25, 0.3) is 11.1 Å².